The first-order valence-corrected chi connectivity index (χ1v) is 8.14. The van der Waals surface area contributed by atoms with Crippen molar-refractivity contribution in [1.29, 1.82) is 0 Å². The molecule has 0 atom stereocenters. The maximum atomic E-state index is 12.5. The fourth-order valence-electron chi connectivity index (χ4n) is 1.72. The Bertz CT molecular complexity index is 463. The number of carbonyl (C=O) groups is 1. The van der Waals surface area contributed by atoms with E-state index in [-0.39, 0.29) is 24.3 Å². The lowest BCUT2D eigenvalue weighted by molar-refractivity contribution is 0.0690. The van der Waals surface area contributed by atoms with Crippen molar-refractivity contribution in [3.05, 3.63) is 24.8 Å². The second-order valence-corrected chi connectivity index (χ2v) is 6.86. The summed E-state index contributed by atoms with van der Waals surface area (Å²) in [5.41, 5.74) is 0.322. The number of hydrogen-bond acceptors (Lipinski definition) is 3. The van der Waals surface area contributed by atoms with Crippen LogP contribution in [-0.4, -0.2) is 40.2 Å². The van der Waals surface area contributed by atoms with E-state index in [2.05, 4.69) is 22.6 Å². The monoisotopic (exact) mass is 489 g/mol. The number of aliphatic hydroxyl groups excluding tert-OH is 1. The summed E-state index contributed by atoms with van der Waals surface area (Å²) in [5, 5.41) is 18.9. The van der Waals surface area contributed by atoms with Crippen molar-refractivity contribution in [3.63, 3.8) is 0 Å². The fraction of sp³-hybridized carbons (Fsp3) is 0.462. The maximum absolute atomic E-state index is 12.5. The zero-order chi connectivity index (χ0) is 14.6. The summed E-state index contributed by atoms with van der Waals surface area (Å²) < 4.78 is 1.58. The average Bonchev–Trinajstić information content (AvgIpc) is 2.33. The summed E-state index contributed by atoms with van der Waals surface area (Å²) in [6, 6.07) is 3.53. The number of phenols is 1. The predicted molar refractivity (Wildman–Crippen MR) is 91.4 cm³/mol. The lowest BCUT2D eigenvalue weighted by atomic mass is 10.1. The van der Waals surface area contributed by atoms with Crippen LogP contribution in [-0.2, 0) is 0 Å². The molecular formula is C13H17I2NO3. The summed E-state index contributed by atoms with van der Waals surface area (Å²) in [6.07, 6.45) is 0.533. The van der Waals surface area contributed by atoms with E-state index in [1.54, 1.807) is 11.0 Å². The van der Waals surface area contributed by atoms with Gasteiger partial charge in [-0.3, -0.25) is 4.79 Å². The normalized spacial score (nSPS) is 10.8. The molecule has 0 saturated carbocycles. The van der Waals surface area contributed by atoms with Crippen LogP contribution < -0.4 is 0 Å². The molecule has 1 aromatic carbocycles. The molecule has 1 rings (SSSR count). The minimum atomic E-state index is -0.197. The Kier molecular flexibility index (Phi) is 6.81. The second kappa shape index (κ2) is 7.63. The van der Waals surface area contributed by atoms with Crippen LogP contribution >= 0.6 is 45.2 Å². The molecule has 1 amide bonds. The molecule has 0 aliphatic heterocycles. The molecule has 0 heterocycles. The van der Waals surface area contributed by atoms with Gasteiger partial charge >= 0.3 is 0 Å². The molecule has 0 fully saturated rings. The number of halogens is 2. The summed E-state index contributed by atoms with van der Waals surface area (Å²) in [4.78, 5) is 14.2. The molecule has 0 aliphatic rings. The van der Waals surface area contributed by atoms with E-state index in [1.807, 2.05) is 42.5 Å². The van der Waals surface area contributed by atoms with Crippen molar-refractivity contribution < 1.29 is 15.0 Å². The van der Waals surface area contributed by atoms with E-state index in [1.165, 1.54) is 0 Å². The predicted octanol–water partition coefficient (Wildman–Crippen LogP) is 2.83. The first kappa shape index (κ1) is 17.0. The minimum absolute atomic E-state index is 0.0222. The van der Waals surface area contributed by atoms with Gasteiger partial charge in [-0.2, -0.15) is 0 Å². The van der Waals surface area contributed by atoms with E-state index in [0.717, 1.165) is 3.57 Å². The fourth-order valence-corrected chi connectivity index (χ4v) is 3.56. The van der Waals surface area contributed by atoms with Gasteiger partial charge in [0, 0.05) is 22.8 Å². The van der Waals surface area contributed by atoms with Gasteiger partial charge in [-0.05, 0) is 77.6 Å². The number of hydrogen-bond donors (Lipinski definition) is 2. The molecule has 6 heteroatoms. The van der Waals surface area contributed by atoms with Crippen molar-refractivity contribution in [2.45, 2.75) is 26.3 Å². The number of amides is 1. The Morgan fingerprint density at radius 1 is 1.37 bits per heavy atom. The molecule has 1 aromatic rings. The molecule has 0 unspecified atom stereocenters. The van der Waals surface area contributed by atoms with Crippen LogP contribution in [0, 0.1) is 7.14 Å². The molecule has 0 spiro atoms. The van der Waals surface area contributed by atoms with Crippen LogP contribution in [0.25, 0.3) is 0 Å². The van der Waals surface area contributed by atoms with E-state index < -0.39 is 0 Å². The standard InChI is InChI=1S/C13H17I2NO3/c1-8(2)16(4-3-5-17)13(19)10-6-9(14)7-11(15)12(10)18/h6-8,17-18H,3-5H2,1-2H3. The Morgan fingerprint density at radius 2 is 2.00 bits per heavy atom. The molecule has 0 bridgehead atoms. The molecular weight excluding hydrogens is 472 g/mol. The molecule has 4 nitrogen and oxygen atoms in total. The number of nitrogens with zero attached hydrogens (tertiary/aromatic N) is 1. The average molecular weight is 489 g/mol. The van der Waals surface area contributed by atoms with Gasteiger partial charge in [0.25, 0.3) is 5.91 Å². The summed E-state index contributed by atoms with van der Waals surface area (Å²) in [7, 11) is 0. The summed E-state index contributed by atoms with van der Waals surface area (Å²) in [5.74, 6) is -0.168. The zero-order valence-corrected chi connectivity index (χ0v) is 15.2. The Labute approximate surface area is 140 Å². The van der Waals surface area contributed by atoms with Crippen LogP contribution in [0.15, 0.2) is 12.1 Å². The number of rotatable bonds is 5. The van der Waals surface area contributed by atoms with Gasteiger partial charge in [0.05, 0.1) is 9.13 Å². The van der Waals surface area contributed by atoms with E-state index in [9.17, 15) is 9.90 Å². The first-order chi connectivity index (χ1) is 8.88. The van der Waals surface area contributed by atoms with Gasteiger partial charge in [0.1, 0.15) is 5.75 Å². The minimum Gasteiger partial charge on any atom is -0.506 e. The van der Waals surface area contributed by atoms with Gasteiger partial charge in [0.15, 0.2) is 0 Å². The molecule has 106 valence electrons. The van der Waals surface area contributed by atoms with Crippen LogP contribution in [0.4, 0.5) is 0 Å². The summed E-state index contributed by atoms with van der Waals surface area (Å²) >= 11 is 4.14. The third-order valence-corrected chi connectivity index (χ3v) is 4.15. The van der Waals surface area contributed by atoms with Crippen molar-refractivity contribution >= 4 is 51.1 Å². The number of carbonyl (C=O) groups excluding carboxylic acids is 1. The number of aromatic hydroxyl groups is 1. The molecule has 19 heavy (non-hydrogen) atoms. The lowest BCUT2D eigenvalue weighted by Gasteiger charge is -2.27. The SMILES string of the molecule is CC(C)N(CCCO)C(=O)c1cc(I)cc(I)c1O. The highest BCUT2D eigenvalue weighted by Gasteiger charge is 2.22. The zero-order valence-electron chi connectivity index (χ0n) is 10.9. The molecule has 0 aliphatic carbocycles. The van der Waals surface area contributed by atoms with Crippen molar-refractivity contribution in [2.24, 2.45) is 0 Å². The molecule has 0 radical (unpaired) electrons. The van der Waals surface area contributed by atoms with Gasteiger partial charge in [-0.15, -0.1) is 0 Å². The highest BCUT2D eigenvalue weighted by atomic mass is 127. The van der Waals surface area contributed by atoms with E-state index in [0.29, 0.717) is 22.1 Å². The number of benzene rings is 1. The van der Waals surface area contributed by atoms with E-state index >= 15 is 0 Å². The smallest absolute Gasteiger partial charge is 0.257 e. The van der Waals surface area contributed by atoms with Gasteiger partial charge in [-0.1, -0.05) is 0 Å². The molecule has 2 N–H and O–H groups in total. The van der Waals surface area contributed by atoms with Crippen LogP contribution in [0.1, 0.15) is 30.6 Å². The topological polar surface area (TPSA) is 60.8 Å². The van der Waals surface area contributed by atoms with Gasteiger partial charge < -0.3 is 15.1 Å². The second-order valence-electron chi connectivity index (χ2n) is 4.45. The highest BCUT2D eigenvalue weighted by molar-refractivity contribution is 14.1. The Balaban J connectivity index is 3.09. The van der Waals surface area contributed by atoms with Crippen LogP contribution in [0.5, 0.6) is 5.75 Å². The van der Waals surface area contributed by atoms with Crippen molar-refractivity contribution in [1.82, 2.24) is 4.90 Å². The van der Waals surface area contributed by atoms with E-state index in [4.69, 9.17) is 5.11 Å². The number of aliphatic hydroxyl groups is 1. The Hall–Kier alpha value is -0.0900. The molecule has 0 aromatic heterocycles. The molecule has 0 saturated heterocycles. The third kappa shape index (κ3) is 4.45. The first-order valence-electron chi connectivity index (χ1n) is 5.98. The van der Waals surface area contributed by atoms with Gasteiger partial charge in [0.2, 0.25) is 0 Å². The van der Waals surface area contributed by atoms with Crippen molar-refractivity contribution in [2.75, 3.05) is 13.2 Å². The highest BCUT2D eigenvalue weighted by Crippen LogP contribution is 2.28. The van der Waals surface area contributed by atoms with Gasteiger partial charge in [-0.25, -0.2) is 0 Å². The van der Waals surface area contributed by atoms with Crippen LogP contribution in [0.2, 0.25) is 0 Å². The Morgan fingerprint density at radius 3 is 2.53 bits per heavy atom. The lowest BCUT2D eigenvalue weighted by Crippen LogP contribution is -2.38. The quantitative estimate of drug-likeness (QED) is 0.626. The summed E-state index contributed by atoms with van der Waals surface area (Å²) in [6.45, 7) is 4.37. The largest absolute Gasteiger partial charge is 0.506 e. The van der Waals surface area contributed by atoms with Crippen molar-refractivity contribution in [3.8, 4) is 5.75 Å². The third-order valence-electron chi connectivity index (χ3n) is 2.70. The van der Waals surface area contributed by atoms with Crippen LogP contribution in [0.3, 0.4) is 0 Å². The number of phenolic OH excluding ortho intramolecular Hbond substituents is 1. The maximum Gasteiger partial charge on any atom is 0.257 e.